The molecule has 3 aromatic rings. The van der Waals surface area contributed by atoms with Gasteiger partial charge < -0.3 is 10.1 Å². The Bertz CT molecular complexity index is 1080. The lowest BCUT2D eigenvalue weighted by molar-refractivity contribution is -0.142. The van der Waals surface area contributed by atoms with Crippen molar-refractivity contribution in [2.24, 2.45) is 0 Å². The molecule has 0 spiro atoms. The number of hydrogen-bond donors (Lipinski definition) is 1. The molecule has 0 aliphatic rings. The molecule has 0 saturated heterocycles. The summed E-state index contributed by atoms with van der Waals surface area (Å²) in [5.41, 5.74) is 0.00617. The Kier molecular flexibility index (Phi) is 6.66. The second-order valence-electron chi connectivity index (χ2n) is 6.28. The molecule has 0 aliphatic heterocycles. The van der Waals surface area contributed by atoms with Gasteiger partial charge in [-0.05, 0) is 36.6 Å². The molecule has 0 bridgehead atoms. The summed E-state index contributed by atoms with van der Waals surface area (Å²) in [6.45, 7) is 0. The summed E-state index contributed by atoms with van der Waals surface area (Å²) in [5, 5.41) is 3.65. The number of ether oxygens (including phenoxy) is 1. The van der Waals surface area contributed by atoms with E-state index in [0.29, 0.717) is 28.8 Å². The highest BCUT2D eigenvalue weighted by Crippen LogP contribution is 2.17. The zero-order valence-corrected chi connectivity index (χ0v) is 16.9. The summed E-state index contributed by atoms with van der Waals surface area (Å²) in [7, 11) is 1.29. The molecule has 8 heteroatoms. The van der Waals surface area contributed by atoms with Crippen molar-refractivity contribution >= 4 is 34.4 Å². The van der Waals surface area contributed by atoms with Crippen LogP contribution in [-0.2, 0) is 9.53 Å². The molecule has 1 N–H and O–H groups in total. The number of carbonyl (C=O) groups excluding carboxylic acids is 2. The maximum atomic E-state index is 13.1. The number of nitrogens with zero attached hydrogens (tertiary/aromatic N) is 2. The molecule has 1 atom stereocenters. The van der Waals surface area contributed by atoms with E-state index in [9.17, 15) is 14.4 Å². The van der Waals surface area contributed by atoms with Crippen LogP contribution < -0.4 is 10.9 Å². The summed E-state index contributed by atoms with van der Waals surface area (Å²) in [4.78, 5) is 42.3. The van der Waals surface area contributed by atoms with E-state index in [1.807, 2.05) is 6.26 Å². The van der Waals surface area contributed by atoms with Crippen LogP contribution in [0.25, 0.3) is 16.6 Å². The van der Waals surface area contributed by atoms with Crippen LogP contribution >= 0.6 is 11.8 Å². The van der Waals surface area contributed by atoms with Crippen molar-refractivity contribution in [1.29, 1.82) is 0 Å². The number of benzene rings is 1. The Morgan fingerprint density at radius 2 is 1.90 bits per heavy atom. The first-order valence-corrected chi connectivity index (χ1v) is 10.4. The Morgan fingerprint density at radius 1 is 1.17 bits per heavy atom. The summed E-state index contributed by atoms with van der Waals surface area (Å²) < 4.78 is 6.16. The summed E-state index contributed by atoms with van der Waals surface area (Å²) in [6.07, 6.45) is 5.40. The molecule has 29 heavy (non-hydrogen) atoms. The number of esters is 1. The first kappa shape index (κ1) is 20.6. The van der Waals surface area contributed by atoms with Crippen LogP contribution in [0, 0.1) is 0 Å². The maximum absolute atomic E-state index is 13.1. The Labute approximate surface area is 172 Å². The van der Waals surface area contributed by atoms with Gasteiger partial charge in [-0.25, -0.2) is 9.78 Å². The lowest BCUT2D eigenvalue weighted by Crippen LogP contribution is -2.42. The third-order valence-electron chi connectivity index (χ3n) is 4.47. The minimum Gasteiger partial charge on any atom is -0.467 e. The fourth-order valence-corrected chi connectivity index (χ4v) is 3.47. The van der Waals surface area contributed by atoms with Gasteiger partial charge in [0, 0.05) is 23.2 Å². The summed E-state index contributed by atoms with van der Waals surface area (Å²) >= 11 is 1.57. The van der Waals surface area contributed by atoms with E-state index in [4.69, 9.17) is 4.74 Å². The van der Waals surface area contributed by atoms with Crippen molar-refractivity contribution in [3.8, 4) is 5.82 Å². The summed E-state index contributed by atoms with van der Waals surface area (Å²) in [5.74, 6) is 0.134. The number of hydrogen-bond acceptors (Lipinski definition) is 6. The highest BCUT2D eigenvalue weighted by Gasteiger charge is 2.24. The molecule has 1 aromatic carbocycles. The van der Waals surface area contributed by atoms with Crippen LogP contribution in [0.2, 0.25) is 0 Å². The predicted molar refractivity (Wildman–Crippen MR) is 114 cm³/mol. The minimum atomic E-state index is -0.769. The molecule has 0 aliphatic carbocycles. The van der Waals surface area contributed by atoms with Crippen LogP contribution in [0.4, 0.5) is 0 Å². The Balaban J connectivity index is 2.08. The normalized spacial score (nSPS) is 11.8. The molecule has 2 heterocycles. The molecule has 150 valence electrons. The molecule has 0 fully saturated rings. The highest BCUT2D eigenvalue weighted by molar-refractivity contribution is 7.98. The topological polar surface area (TPSA) is 90.3 Å². The third kappa shape index (κ3) is 4.48. The molecule has 0 unspecified atom stereocenters. The minimum absolute atomic E-state index is 0.275. The van der Waals surface area contributed by atoms with Crippen LogP contribution in [0.3, 0.4) is 0 Å². The van der Waals surface area contributed by atoms with E-state index in [1.54, 1.807) is 60.4 Å². The van der Waals surface area contributed by atoms with Gasteiger partial charge in [-0.1, -0.05) is 24.3 Å². The van der Waals surface area contributed by atoms with Crippen molar-refractivity contribution in [3.05, 3.63) is 70.8 Å². The zero-order valence-electron chi connectivity index (χ0n) is 16.1. The fraction of sp³-hybridized carbons (Fsp3) is 0.238. The second kappa shape index (κ2) is 9.38. The number of rotatable bonds is 7. The molecular weight excluding hydrogens is 390 g/mol. The molecule has 7 nitrogen and oxygen atoms in total. The molecule has 3 rings (SSSR count). The number of pyridine rings is 2. The van der Waals surface area contributed by atoms with E-state index in [1.165, 1.54) is 17.9 Å². The second-order valence-corrected chi connectivity index (χ2v) is 7.27. The lowest BCUT2D eigenvalue weighted by Gasteiger charge is -2.17. The van der Waals surface area contributed by atoms with Crippen LogP contribution in [0.15, 0.2) is 59.7 Å². The van der Waals surface area contributed by atoms with Crippen molar-refractivity contribution in [1.82, 2.24) is 14.9 Å². The van der Waals surface area contributed by atoms with Gasteiger partial charge >= 0.3 is 5.97 Å². The van der Waals surface area contributed by atoms with Gasteiger partial charge in [-0.15, -0.1) is 0 Å². The van der Waals surface area contributed by atoms with Crippen molar-refractivity contribution in [3.63, 3.8) is 0 Å². The average molecular weight is 411 g/mol. The highest BCUT2D eigenvalue weighted by atomic mass is 32.2. The zero-order chi connectivity index (χ0) is 20.8. The van der Waals surface area contributed by atoms with Gasteiger partial charge in [-0.3, -0.25) is 14.2 Å². The van der Waals surface area contributed by atoms with Gasteiger partial charge in [0.1, 0.15) is 11.9 Å². The molecule has 2 aromatic heterocycles. The monoisotopic (exact) mass is 411 g/mol. The fourth-order valence-electron chi connectivity index (χ4n) is 3.00. The van der Waals surface area contributed by atoms with Gasteiger partial charge in [0.25, 0.3) is 11.5 Å². The average Bonchev–Trinajstić information content (AvgIpc) is 2.77. The number of thioether (sulfide) groups is 1. The molecule has 1 amide bonds. The van der Waals surface area contributed by atoms with E-state index >= 15 is 0 Å². The Morgan fingerprint density at radius 3 is 2.55 bits per heavy atom. The van der Waals surface area contributed by atoms with Crippen molar-refractivity contribution < 1.29 is 14.3 Å². The van der Waals surface area contributed by atoms with E-state index < -0.39 is 17.9 Å². The van der Waals surface area contributed by atoms with Gasteiger partial charge in [0.05, 0.1) is 12.7 Å². The maximum Gasteiger partial charge on any atom is 0.328 e. The first-order chi connectivity index (χ1) is 14.1. The number of carbonyl (C=O) groups is 2. The standard InChI is InChI=1S/C21H21N3O4S/c1-28-21(27)17(10-12-29-2)23-19(25)16-13-24(18-9-5-6-11-22-18)20(26)15-8-4-3-7-14(15)16/h3-9,11,13,17H,10,12H2,1-2H3,(H,23,25)/t17-/m0/s1. The van der Waals surface area contributed by atoms with Gasteiger partial charge in [0.2, 0.25) is 0 Å². The number of nitrogens with one attached hydrogen (secondary N) is 1. The van der Waals surface area contributed by atoms with Gasteiger partial charge in [0.15, 0.2) is 0 Å². The van der Waals surface area contributed by atoms with E-state index in [2.05, 4.69) is 10.3 Å². The van der Waals surface area contributed by atoms with Gasteiger partial charge in [-0.2, -0.15) is 11.8 Å². The van der Waals surface area contributed by atoms with Crippen molar-refractivity contribution in [2.75, 3.05) is 19.1 Å². The van der Waals surface area contributed by atoms with Crippen LogP contribution in [0.1, 0.15) is 16.8 Å². The van der Waals surface area contributed by atoms with Crippen LogP contribution in [-0.4, -0.2) is 46.6 Å². The SMILES string of the molecule is COC(=O)[C@H](CCSC)NC(=O)c1cn(-c2ccccn2)c(=O)c2ccccc12. The predicted octanol–water partition coefficient (Wildman–Crippen LogP) is 2.41. The number of methoxy groups -OCH3 is 1. The molecule has 0 saturated carbocycles. The first-order valence-electron chi connectivity index (χ1n) is 9.00. The van der Waals surface area contributed by atoms with E-state index in [0.717, 1.165) is 0 Å². The number of amides is 1. The number of fused-ring (bicyclic) bond motifs is 1. The molecular formula is C21H21N3O4S. The largest absolute Gasteiger partial charge is 0.467 e. The number of aromatic nitrogens is 2. The molecule has 0 radical (unpaired) electrons. The smallest absolute Gasteiger partial charge is 0.328 e. The Hall–Kier alpha value is -3.13. The van der Waals surface area contributed by atoms with Crippen LogP contribution in [0.5, 0.6) is 0 Å². The van der Waals surface area contributed by atoms with E-state index in [-0.39, 0.29) is 11.1 Å². The third-order valence-corrected chi connectivity index (χ3v) is 5.11. The quantitative estimate of drug-likeness (QED) is 0.601. The summed E-state index contributed by atoms with van der Waals surface area (Å²) in [6, 6.07) is 11.3. The van der Waals surface area contributed by atoms with Crippen molar-refractivity contribution in [2.45, 2.75) is 12.5 Å². The lowest BCUT2D eigenvalue weighted by atomic mass is 10.1.